The smallest absolute Gasteiger partial charge is 0.228 e. The first-order valence-corrected chi connectivity index (χ1v) is 8.33. The number of nitrogens with one attached hydrogen (secondary N) is 2. The highest BCUT2D eigenvalue weighted by molar-refractivity contribution is 5.92. The Bertz CT molecular complexity index is 634. The lowest BCUT2D eigenvalue weighted by molar-refractivity contribution is -0.115. The van der Waals surface area contributed by atoms with Gasteiger partial charge in [-0.3, -0.25) is 4.79 Å². The maximum Gasteiger partial charge on any atom is 0.228 e. The van der Waals surface area contributed by atoms with E-state index in [1.54, 1.807) is 7.11 Å². The van der Waals surface area contributed by atoms with Gasteiger partial charge in [-0.15, -0.1) is 0 Å². The van der Waals surface area contributed by atoms with Crippen LogP contribution in [0.15, 0.2) is 48.5 Å². The van der Waals surface area contributed by atoms with E-state index in [9.17, 15) is 4.79 Å². The zero-order valence-electron chi connectivity index (χ0n) is 14.6. The monoisotopic (exact) mass is 326 g/mol. The van der Waals surface area contributed by atoms with Gasteiger partial charge in [-0.05, 0) is 54.3 Å². The van der Waals surface area contributed by atoms with Crippen LogP contribution in [0, 0.1) is 5.92 Å². The molecule has 4 heteroatoms. The summed E-state index contributed by atoms with van der Waals surface area (Å²) in [7, 11) is 1.63. The van der Waals surface area contributed by atoms with E-state index in [2.05, 4.69) is 24.5 Å². The van der Waals surface area contributed by atoms with Crippen molar-refractivity contribution >= 4 is 17.3 Å². The Balaban J connectivity index is 1.82. The summed E-state index contributed by atoms with van der Waals surface area (Å²) in [5.74, 6) is 1.45. The number of carbonyl (C=O) groups is 1. The number of amides is 1. The van der Waals surface area contributed by atoms with E-state index in [4.69, 9.17) is 4.74 Å². The van der Waals surface area contributed by atoms with Gasteiger partial charge >= 0.3 is 0 Å². The third-order valence-electron chi connectivity index (χ3n) is 3.74. The summed E-state index contributed by atoms with van der Waals surface area (Å²) >= 11 is 0. The number of carbonyl (C=O) groups excluding carboxylic acids is 1. The summed E-state index contributed by atoms with van der Waals surface area (Å²) < 4.78 is 5.12. The van der Waals surface area contributed by atoms with Crippen LogP contribution in [-0.2, 0) is 11.2 Å². The molecule has 2 aromatic rings. The van der Waals surface area contributed by atoms with E-state index in [0.717, 1.165) is 35.7 Å². The third-order valence-corrected chi connectivity index (χ3v) is 3.74. The van der Waals surface area contributed by atoms with Gasteiger partial charge < -0.3 is 15.4 Å². The van der Waals surface area contributed by atoms with Gasteiger partial charge in [0.1, 0.15) is 5.75 Å². The van der Waals surface area contributed by atoms with E-state index in [1.165, 1.54) is 0 Å². The molecule has 0 radical (unpaired) electrons. The van der Waals surface area contributed by atoms with E-state index in [-0.39, 0.29) is 5.91 Å². The molecule has 128 valence electrons. The molecule has 0 fully saturated rings. The molecule has 0 heterocycles. The largest absolute Gasteiger partial charge is 0.497 e. The van der Waals surface area contributed by atoms with Gasteiger partial charge in [0.05, 0.1) is 13.5 Å². The first-order valence-electron chi connectivity index (χ1n) is 8.33. The lowest BCUT2D eigenvalue weighted by atomic mass is 10.1. The standard InChI is InChI=1S/C20H26N2O2/c1-15(2)12-13-21-17-6-8-18(9-7-17)22-20(23)14-16-4-10-19(24-3)11-5-16/h4-11,15,21H,12-14H2,1-3H3,(H,22,23). The van der Waals surface area contributed by atoms with Crippen molar-refractivity contribution in [1.29, 1.82) is 0 Å². The van der Waals surface area contributed by atoms with Crippen LogP contribution in [0.1, 0.15) is 25.8 Å². The Morgan fingerprint density at radius 1 is 1.00 bits per heavy atom. The van der Waals surface area contributed by atoms with E-state index >= 15 is 0 Å². The quantitative estimate of drug-likeness (QED) is 0.759. The van der Waals surface area contributed by atoms with Crippen molar-refractivity contribution in [2.45, 2.75) is 26.7 Å². The van der Waals surface area contributed by atoms with Crippen molar-refractivity contribution in [3.05, 3.63) is 54.1 Å². The van der Waals surface area contributed by atoms with Crippen molar-refractivity contribution in [3.8, 4) is 5.75 Å². The fourth-order valence-corrected chi connectivity index (χ4v) is 2.31. The first-order chi connectivity index (χ1) is 11.6. The Morgan fingerprint density at radius 2 is 1.62 bits per heavy atom. The molecule has 0 bridgehead atoms. The van der Waals surface area contributed by atoms with Crippen LogP contribution in [0.3, 0.4) is 0 Å². The summed E-state index contributed by atoms with van der Waals surface area (Å²) in [5.41, 5.74) is 2.84. The molecule has 0 saturated carbocycles. The molecule has 0 aliphatic carbocycles. The van der Waals surface area contributed by atoms with Crippen LogP contribution < -0.4 is 15.4 Å². The lowest BCUT2D eigenvalue weighted by Crippen LogP contribution is -2.14. The number of ether oxygens (including phenoxy) is 1. The maximum atomic E-state index is 12.1. The van der Waals surface area contributed by atoms with Crippen LogP contribution >= 0.6 is 0 Å². The Morgan fingerprint density at radius 3 is 2.21 bits per heavy atom. The summed E-state index contributed by atoms with van der Waals surface area (Å²) in [6.45, 7) is 5.38. The van der Waals surface area contributed by atoms with Crippen LogP contribution in [0.25, 0.3) is 0 Å². The predicted octanol–water partition coefficient (Wildman–Crippen LogP) is 4.33. The van der Waals surface area contributed by atoms with Crippen molar-refractivity contribution in [3.63, 3.8) is 0 Å². The molecule has 0 unspecified atom stereocenters. The van der Waals surface area contributed by atoms with Crippen LogP contribution in [-0.4, -0.2) is 19.6 Å². The SMILES string of the molecule is COc1ccc(CC(=O)Nc2ccc(NCCC(C)C)cc2)cc1. The maximum absolute atomic E-state index is 12.1. The number of hydrogen-bond acceptors (Lipinski definition) is 3. The fraction of sp³-hybridized carbons (Fsp3) is 0.350. The minimum atomic E-state index is -0.0271. The summed E-state index contributed by atoms with van der Waals surface area (Å²) in [5, 5.41) is 6.31. The van der Waals surface area contributed by atoms with E-state index in [1.807, 2.05) is 48.5 Å². The minimum Gasteiger partial charge on any atom is -0.497 e. The zero-order valence-corrected chi connectivity index (χ0v) is 14.6. The second-order valence-corrected chi connectivity index (χ2v) is 6.26. The van der Waals surface area contributed by atoms with Crippen LogP contribution in [0.4, 0.5) is 11.4 Å². The highest BCUT2D eigenvalue weighted by Crippen LogP contribution is 2.15. The molecule has 2 aromatic carbocycles. The van der Waals surface area contributed by atoms with Crippen molar-refractivity contribution < 1.29 is 9.53 Å². The third kappa shape index (κ3) is 5.95. The lowest BCUT2D eigenvalue weighted by Gasteiger charge is -2.10. The van der Waals surface area contributed by atoms with Gasteiger partial charge in [0, 0.05) is 17.9 Å². The number of anilines is 2. The predicted molar refractivity (Wildman–Crippen MR) is 99.7 cm³/mol. The Hall–Kier alpha value is -2.49. The molecule has 24 heavy (non-hydrogen) atoms. The fourth-order valence-electron chi connectivity index (χ4n) is 2.31. The van der Waals surface area contributed by atoms with Crippen molar-refractivity contribution in [1.82, 2.24) is 0 Å². The molecule has 2 rings (SSSR count). The minimum absolute atomic E-state index is 0.0271. The van der Waals surface area contributed by atoms with E-state index < -0.39 is 0 Å². The zero-order chi connectivity index (χ0) is 17.4. The molecule has 0 atom stereocenters. The topological polar surface area (TPSA) is 50.4 Å². The highest BCUT2D eigenvalue weighted by Gasteiger charge is 2.05. The van der Waals surface area contributed by atoms with Crippen LogP contribution in [0.5, 0.6) is 5.75 Å². The molecule has 0 aliphatic heterocycles. The van der Waals surface area contributed by atoms with Gasteiger partial charge in [0.2, 0.25) is 5.91 Å². The normalized spacial score (nSPS) is 10.5. The molecule has 0 saturated heterocycles. The average Bonchev–Trinajstić information content (AvgIpc) is 2.57. The molecular weight excluding hydrogens is 300 g/mol. The van der Waals surface area contributed by atoms with Gasteiger partial charge in [0.25, 0.3) is 0 Å². The number of benzene rings is 2. The second kappa shape index (κ2) is 8.96. The summed E-state index contributed by atoms with van der Waals surface area (Å²) in [6, 6.07) is 15.3. The Labute approximate surface area is 144 Å². The van der Waals surface area contributed by atoms with Gasteiger partial charge in [-0.1, -0.05) is 26.0 Å². The summed E-state index contributed by atoms with van der Waals surface area (Å²) in [4.78, 5) is 12.1. The average molecular weight is 326 g/mol. The number of hydrogen-bond donors (Lipinski definition) is 2. The van der Waals surface area contributed by atoms with Gasteiger partial charge in [-0.2, -0.15) is 0 Å². The molecular formula is C20H26N2O2. The van der Waals surface area contributed by atoms with Gasteiger partial charge in [0.15, 0.2) is 0 Å². The number of methoxy groups -OCH3 is 1. The second-order valence-electron chi connectivity index (χ2n) is 6.26. The molecule has 2 N–H and O–H groups in total. The van der Waals surface area contributed by atoms with E-state index in [0.29, 0.717) is 12.3 Å². The molecule has 0 aromatic heterocycles. The molecule has 0 aliphatic rings. The highest BCUT2D eigenvalue weighted by atomic mass is 16.5. The molecule has 0 spiro atoms. The van der Waals surface area contributed by atoms with Crippen LogP contribution in [0.2, 0.25) is 0 Å². The first kappa shape index (κ1) is 17.9. The van der Waals surface area contributed by atoms with Crippen molar-refractivity contribution in [2.24, 2.45) is 5.92 Å². The van der Waals surface area contributed by atoms with Gasteiger partial charge in [-0.25, -0.2) is 0 Å². The number of rotatable bonds is 8. The van der Waals surface area contributed by atoms with Crippen molar-refractivity contribution in [2.75, 3.05) is 24.3 Å². The molecule has 4 nitrogen and oxygen atoms in total. The Kier molecular flexibility index (Phi) is 6.67. The summed E-state index contributed by atoms with van der Waals surface area (Å²) in [6.07, 6.45) is 1.48. The molecule has 1 amide bonds.